The first-order valence-electron chi connectivity index (χ1n) is 6.39. The van der Waals surface area contributed by atoms with Crippen LogP contribution in [0.1, 0.15) is 56.8 Å². The predicted molar refractivity (Wildman–Crippen MR) is 63.5 cm³/mol. The van der Waals surface area contributed by atoms with Crippen molar-refractivity contribution in [2.75, 3.05) is 13.2 Å². The molecule has 1 fully saturated rings. The fourth-order valence-corrected chi connectivity index (χ4v) is 2.00. The Morgan fingerprint density at radius 3 is 2.76 bits per heavy atom. The number of hydrogen-bond donors (Lipinski definition) is 1. The smallest absolute Gasteiger partial charge is 0.243 e. The number of rotatable bonds is 4. The molecule has 2 atom stereocenters. The first-order chi connectivity index (χ1) is 8.22. The van der Waals surface area contributed by atoms with Gasteiger partial charge < -0.3 is 15.0 Å². The minimum absolute atomic E-state index is 0.152. The summed E-state index contributed by atoms with van der Waals surface area (Å²) in [5, 5.41) is 4.06. The lowest BCUT2D eigenvalue weighted by atomic mass is 9.99. The van der Waals surface area contributed by atoms with Crippen LogP contribution >= 0.6 is 0 Å². The van der Waals surface area contributed by atoms with E-state index < -0.39 is 0 Å². The molecule has 96 valence electrons. The van der Waals surface area contributed by atoms with Gasteiger partial charge >= 0.3 is 0 Å². The van der Waals surface area contributed by atoms with Crippen LogP contribution in [0, 0.1) is 5.92 Å². The van der Waals surface area contributed by atoms with E-state index in [4.69, 9.17) is 15.0 Å². The van der Waals surface area contributed by atoms with E-state index in [0.717, 1.165) is 38.3 Å². The maximum Gasteiger partial charge on any atom is 0.243 e. The second-order valence-electron chi connectivity index (χ2n) is 4.79. The third kappa shape index (κ3) is 2.84. The van der Waals surface area contributed by atoms with Gasteiger partial charge in [0.15, 0.2) is 5.82 Å². The molecule has 1 saturated heterocycles. The minimum Gasteiger partial charge on any atom is -0.381 e. The van der Waals surface area contributed by atoms with Crippen LogP contribution in [-0.2, 0) is 4.74 Å². The first-order valence-corrected chi connectivity index (χ1v) is 6.39. The van der Waals surface area contributed by atoms with Gasteiger partial charge in [-0.15, -0.1) is 0 Å². The second kappa shape index (κ2) is 5.60. The summed E-state index contributed by atoms with van der Waals surface area (Å²) in [6.07, 6.45) is 2.95. The van der Waals surface area contributed by atoms with Crippen molar-refractivity contribution in [3.63, 3.8) is 0 Å². The fourth-order valence-electron chi connectivity index (χ4n) is 2.00. The Balaban J connectivity index is 2.04. The highest BCUT2D eigenvalue weighted by molar-refractivity contribution is 4.99. The number of aromatic nitrogens is 2. The number of nitrogens with two attached hydrogens (primary N) is 1. The summed E-state index contributed by atoms with van der Waals surface area (Å²) in [7, 11) is 0. The van der Waals surface area contributed by atoms with E-state index in [-0.39, 0.29) is 6.04 Å². The molecule has 0 radical (unpaired) electrons. The summed E-state index contributed by atoms with van der Waals surface area (Å²) in [4.78, 5) is 4.44. The van der Waals surface area contributed by atoms with Gasteiger partial charge in [-0.25, -0.2) is 0 Å². The van der Waals surface area contributed by atoms with E-state index in [2.05, 4.69) is 24.0 Å². The van der Waals surface area contributed by atoms with Crippen molar-refractivity contribution in [2.45, 2.75) is 45.1 Å². The van der Waals surface area contributed by atoms with E-state index in [1.165, 1.54) is 0 Å². The molecule has 0 spiro atoms. The van der Waals surface area contributed by atoms with Gasteiger partial charge in [0.1, 0.15) is 0 Å². The Hall–Kier alpha value is -0.940. The molecule has 1 aromatic rings. The monoisotopic (exact) mass is 239 g/mol. The average molecular weight is 239 g/mol. The Morgan fingerprint density at radius 1 is 1.41 bits per heavy atom. The fraction of sp³-hybridized carbons (Fsp3) is 0.833. The molecule has 0 aliphatic carbocycles. The van der Waals surface area contributed by atoms with Crippen LogP contribution in [0.3, 0.4) is 0 Å². The molecule has 0 amide bonds. The van der Waals surface area contributed by atoms with Crippen LogP contribution in [0.4, 0.5) is 0 Å². The third-order valence-corrected chi connectivity index (χ3v) is 3.59. The molecule has 1 aliphatic rings. The van der Waals surface area contributed by atoms with Crippen LogP contribution in [0.5, 0.6) is 0 Å². The highest BCUT2D eigenvalue weighted by Crippen LogP contribution is 2.27. The van der Waals surface area contributed by atoms with Gasteiger partial charge in [0.2, 0.25) is 5.89 Å². The van der Waals surface area contributed by atoms with Gasteiger partial charge in [-0.1, -0.05) is 25.4 Å². The van der Waals surface area contributed by atoms with E-state index in [1.54, 1.807) is 0 Å². The molecular formula is C12H21N3O2. The molecule has 0 aromatic carbocycles. The molecule has 2 rings (SSSR count). The summed E-state index contributed by atoms with van der Waals surface area (Å²) < 4.78 is 10.6. The van der Waals surface area contributed by atoms with Crippen molar-refractivity contribution in [3.05, 3.63) is 11.7 Å². The van der Waals surface area contributed by atoms with Crippen LogP contribution < -0.4 is 5.73 Å². The van der Waals surface area contributed by atoms with Gasteiger partial charge in [-0.3, -0.25) is 0 Å². The largest absolute Gasteiger partial charge is 0.381 e. The molecule has 2 N–H and O–H groups in total. The molecule has 5 nitrogen and oxygen atoms in total. The second-order valence-corrected chi connectivity index (χ2v) is 4.79. The van der Waals surface area contributed by atoms with Crippen molar-refractivity contribution < 1.29 is 9.26 Å². The zero-order chi connectivity index (χ0) is 12.3. The highest BCUT2D eigenvalue weighted by Gasteiger charge is 2.24. The predicted octanol–water partition coefficient (Wildman–Crippen LogP) is 2.01. The van der Waals surface area contributed by atoms with Gasteiger partial charge in [-0.2, -0.15) is 4.98 Å². The lowest BCUT2D eigenvalue weighted by Crippen LogP contribution is -2.19. The number of nitrogens with zero attached hydrogens (tertiary/aromatic N) is 2. The summed E-state index contributed by atoms with van der Waals surface area (Å²) in [6.45, 7) is 5.78. The molecular weight excluding hydrogens is 218 g/mol. The van der Waals surface area contributed by atoms with E-state index in [0.29, 0.717) is 17.7 Å². The van der Waals surface area contributed by atoms with Crippen LogP contribution in [-0.4, -0.2) is 23.4 Å². The number of hydrogen-bond acceptors (Lipinski definition) is 5. The topological polar surface area (TPSA) is 74.2 Å². The molecule has 1 aromatic heterocycles. The molecule has 0 saturated carbocycles. The summed E-state index contributed by atoms with van der Waals surface area (Å²) in [5.41, 5.74) is 6.07. The number of ether oxygens (including phenoxy) is 1. The Kier molecular flexibility index (Phi) is 4.12. The summed E-state index contributed by atoms with van der Waals surface area (Å²) in [6, 6.07) is -0.152. The van der Waals surface area contributed by atoms with Gasteiger partial charge in [0.25, 0.3) is 0 Å². The van der Waals surface area contributed by atoms with Gasteiger partial charge in [0.05, 0.1) is 6.04 Å². The summed E-state index contributed by atoms with van der Waals surface area (Å²) in [5.74, 6) is 2.09. The third-order valence-electron chi connectivity index (χ3n) is 3.59. The highest BCUT2D eigenvalue weighted by atomic mass is 16.5. The minimum atomic E-state index is -0.152. The van der Waals surface area contributed by atoms with Crippen molar-refractivity contribution >= 4 is 0 Å². The van der Waals surface area contributed by atoms with Crippen molar-refractivity contribution in [2.24, 2.45) is 11.7 Å². The SMILES string of the molecule is CCC(C)[C@H](N)c1nc(C2CCOCC2)no1. The molecule has 1 aliphatic heterocycles. The normalized spacial score (nSPS) is 21.4. The lowest BCUT2D eigenvalue weighted by molar-refractivity contribution is 0.0830. The van der Waals surface area contributed by atoms with Crippen LogP contribution in [0.25, 0.3) is 0 Å². The standard InChI is InChI=1S/C12H21N3O2/c1-3-8(2)10(13)12-14-11(15-17-12)9-4-6-16-7-5-9/h8-10H,3-7,13H2,1-2H3/t8?,10-/m0/s1. The van der Waals surface area contributed by atoms with Crippen LogP contribution in [0.2, 0.25) is 0 Å². The molecule has 0 bridgehead atoms. The molecule has 5 heteroatoms. The van der Waals surface area contributed by atoms with Crippen LogP contribution in [0.15, 0.2) is 4.52 Å². The Morgan fingerprint density at radius 2 is 2.12 bits per heavy atom. The Bertz CT molecular complexity index is 331. The Labute approximate surface area is 102 Å². The van der Waals surface area contributed by atoms with E-state index in [1.807, 2.05) is 0 Å². The van der Waals surface area contributed by atoms with E-state index >= 15 is 0 Å². The molecule has 2 heterocycles. The zero-order valence-electron chi connectivity index (χ0n) is 10.6. The summed E-state index contributed by atoms with van der Waals surface area (Å²) >= 11 is 0. The van der Waals surface area contributed by atoms with Gasteiger partial charge in [0, 0.05) is 19.1 Å². The first kappa shape index (κ1) is 12.5. The van der Waals surface area contributed by atoms with Crippen molar-refractivity contribution in [1.29, 1.82) is 0 Å². The average Bonchev–Trinajstić information content (AvgIpc) is 2.87. The zero-order valence-corrected chi connectivity index (χ0v) is 10.6. The quantitative estimate of drug-likeness (QED) is 0.870. The molecule has 1 unspecified atom stereocenters. The van der Waals surface area contributed by atoms with Crippen molar-refractivity contribution in [1.82, 2.24) is 10.1 Å². The maximum absolute atomic E-state index is 6.07. The van der Waals surface area contributed by atoms with E-state index in [9.17, 15) is 0 Å². The lowest BCUT2D eigenvalue weighted by Gasteiger charge is -2.18. The van der Waals surface area contributed by atoms with Crippen molar-refractivity contribution in [3.8, 4) is 0 Å². The van der Waals surface area contributed by atoms with Gasteiger partial charge in [-0.05, 0) is 18.8 Å². The molecule has 17 heavy (non-hydrogen) atoms. The maximum atomic E-state index is 6.07.